The van der Waals surface area contributed by atoms with Gasteiger partial charge in [0.1, 0.15) is 0 Å². The molecule has 0 fully saturated rings. The fourth-order valence-electron chi connectivity index (χ4n) is 3.04. The molecule has 5 N–H and O–H groups in total. The Morgan fingerprint density at radius 1 is 0.970 bits per heavy atom. The Balaban J connectivity index is 1.47. The summed E-state index contributed by atoms with van der Waals surface area (Å²) >= 11 is 0. The van der Waals surface area contributed by atoms with Gasteiger partial charge in [-0.2, -0.15) is 4.98 Å². The average molecular weight is 468 g/mol. The molecule has 0 aliphatic heterocycles. The van der Waals surface area contributed by atoms with Crippen molar-refractivity contribution in [2.24, 2.45) is 5.14 Å². The number of nitrogens with one attached hydrogen (secondary N) is 2. The molecule has 33 heavy (non-hydrogen) atoms. The van der Waals surface area contributed by atoms with Crippen molar-refractivity contribution in [1.29, 1.82) is 0 Å². The number of aromatic nitrogens is 3. The van der Waals surface area contributed by atoms with Crippen molar-refractivity contribution in [3.8, 4) is 0 Å². The van der Waals surface area contributed by atoms with Crippen molar-refractivity contribution in [3.63, 3.8) is 0 Å². The number of nitrogens with two attached hydrogens (primary N) is 1. The van der Waals surface area contributed by atoms with Gasteiger partial charge in [0.15, 0.2) is 11.6 Å². The quantitative estimate of drug-likeness (QED) is 0.243. The predicted octanol–water partition coefficient (Wildman–Crippen LogP) is 2.87. The zero-order chi connectivity index (χ0) is 23.4. The zero-order valence-corrected chi connectivity index (χ0v) is 18.0. The Morgan fingerprint density at radius 3 is 2.36 bits per heavy atom. The second-order valence-corrected chi connectivity index (χ2v) is 8.73. The topological polar surface area (TPSA) is 134 Å². The number of nitrogens with zero attached hydrogens (tertiary/aromatic N) is 3. The van der Waals surface area contributed by atoms with Gasteiger partial charge in [0, 0.05) is 28.2 Å². The summed E-state index contributed by atoms with van der Waals surface area (Å²) in [6, 6.07) is 16.9. The Hall–Kier alpha value is -4.09. The number of hydrogen-bond acceptors (Lipinski definition) is 7. The van der Waals surface area contributed by atoms with Gasteiger partial charge in [0.25, 0.3) is 0 Å². The Labute approximate surface area is 189 Å². The van der Waals surface area contributed by atoms with Crippen LogP contribution in [0.2, 0.25) is 0 Å². The first-order valence-corrected chi connectivity index (χ1v) is 11.3. The molecule has 2 aromatic heterocycles. The van der Waals surface area contributed by atoms with E-state index >= 15 is 0 Å². The smallest absolute Gasteiger partial charge is 0.238 e. The van der Waals surface area contributed by atoms with Crippen LogP contribution >= 0.6 is 0 Å². The predicted molar refractivity (Wildman–Crippen MR) is 119 cm³/mol. The molecule has 0 spiro atoms. The molecule has 0 saturated heterocycles. The van der Waals surface area contributed by atoms with E-state index in [4.69, 9.17) is 5.14 Å². The highest BCUT2D eigenvalue weighted by atomic mass is 32.2. The summed E-state index contributed by atoms with van der Waals surface area (Å²) in [5.74, 6) is -0.616. The number of rotatable bonds is 7. The number of benzene rings is 2. The molecule has 0 bridgehead atoms. The first-order valence-electron chi connectivity index (χ1n) is 9.74. The molecular formula is C22H20FN6O3S+. The highest BCUT2D eigenvalue weighted by molar-refractivity contribution is 7.89. The van der Waals surface area contributed by atoms with Crippen LogP contribution in [0.5, 0.6) is 0 Å². The molecule has 0 aliphatic carbocycles. The van der Waals surface area contributed by atoms with Crippen LogP contribution < -0.4 is 20.5 Å². The van der Waals surface area contributed by atoms with Gasteiger partial charge in [-0.3, -0.25) is 5.21 Å². The number of pyridine rings is 1. The normalized spacial score (nSPS) is 11.2. The minimum Gasteiger partial charge on any atom is -0.338 e. The van der Waals surface area contributed by atoms with Gasteiger partial charge in [-0.15, -0.1) is 0 Å². The molecule has 9 nitrogen and oxygen atoms in total. The van der Waals surface area contributed by atoms with Crippen molar-refractivity contribution >= 4 is 33.2 Å². The summed E-state index contributed by atoms with van der Waals surface area (Å²) in [6.07, 6.45) is 4.80. The van der Waals surface area contributed by atoms with E-state index in [9.17, 15) is 18.0 Å². The number of primary sulfonamides is 1. The molecule has 0 amide bonds. The van der Waals surface area contributed by atoms with E-state index in [1.54, 1.807) is 30.6 Å². The second-order valence-electron chi connectivity index (χ2n) is 7.17. The molecule has 4 rings (SSSR count). The molecule has 11 heteroatoms. The van der Waals surface area contributed by atoms with Crippen LogP contribution in [0.3, 0.4) is 0 Å². The number of anilines is 4. The molecule has 0 unspecified atom stereocenters. The molecule has 2 aromatic carbocycles. The van der Waals surface area contributed by atoms with Crippen molar-refractivity contribution in [3.05, 3.63) is 96.2 Å². The van der Waals surface area contributed by atoms with Gasteiger partial charge in [-0.1, -0.05) is 18.2 Å². The van der Waals surface area contributed by atoms with Crippen LogP contribution in [0.25, 0.3) is 0 Å². The zero-order valence-electron chi connectivity index (χ0n) is 17.2. The summed E-state index contributed by atoms with van der Waals surface area (Å²) < 4.78 is 38.3. The lowest BCUT2D eigenvalue weighted by atomic mass is 10.1. The Morgan fingerprint density at radius 2 is 1.67 bits per heavy atom. The highest BCUT2D eigenvalue weighted by Crippen LogP contribution is 2.22. The monoisotopic (exact) mass is 467 g/mol. The average Bonchev–Trinajstić information content (AvgIpc) is 2.78. The summed E-state index contributed by atoms with van der Waals surface area (Å²) in [6.45, 7) is 0. The van der Waals surface area contributed by atoms with E-state index in [1.807, 2.05) is 24.3 Å². The van der Waals surface area contributed by atoms with Crippen LogP contribution in [-0.4, -0.2) is 23.6 Å². The number of hydrogen-bond donors (Lipinski definition) is 4. The fraction of sp³-hybridized carbons (Fsp3) is 0.0455. The fourth-order valence-corrected chi connectivity index (χ4v) is 3.60. The maximum absolute atomic E-state index is 14.3. The summed E-state index contributed by atoms with van der Waals surface area (Å²) in [5.41, 5.74) is 3.08. The van der Waals surface area contributed by atoms with Gasteiger partial charge >= 0.3 is 0 Å². The van der Waals surface area contributed by atoms with Crippen molar-refractivity contribution in [2.45, 2.75) is 11.3 Å². The van der Waals surface area contributed by atoms with Crippen LogP contribution in [-0.2, 0) is 16.4 Å². The lowest BCUT2D eigenvalue weighted by Gasteiger charge is -2.10. The molecule has 0 radical (unpaired) electrons. The molecule has 0 aliphatic rings. The van der Waals surface area contributed by atoms with Crippen molar-refractivity contribution in [2.75, 3.05) is 10.6 Å². The van der Waals surface area contributed by atoms with Gasteiger partial charge in [0.2, 0.25) is 28.4 Å². The number of sulfonamides is 1. The van der Waals surface area contributed by atoms with Gasteiger partial charge in [-0.05, 0) is 47.9 Å². The van der Waals surface area contributed by atoms with E-state index in [-0.39, 0.29) is 16.7 Å². The van der Waals surface area contributed by atoms with Crippen LogP contribution in [0, 0.1) is 5.82 Å². The number of halogens is 1. The van der Waals surface area contributed by atoms with Gasteiger partial charge in [0.05, 0.1) is 11.1 Å². The molecule has 4 aromatic rings. The molecule has 168 valence electrons. The Kier molecular flexibility index (Phi) is 6.16. The van der Waals surface area contributed by atoms with E-state index in [2.05, 4.69) is 20.6 Å². The lowest BCUT2D eigenvalue weighted by Crippen LogP contribution is -2.27. The van der Waals surface area contributed by atoms with E-state index < -0.39 is 15.8 Å². The lowest BCUT2D eigenvalue weighted by molar-refractivity contribution is -0.904. The van der Waals surface area contributed by atoms with Crippen molar-refractivity contribution in [1.82, 2.24) is 9.97 Å². The first kappa shape index (κ1) is 22.1. The van der Waals surface area contributed by atoms with E-state index in [0.717, 1.165) is 22.1 Å². The SMILES string of the molecule is NS(=O)(=O)c1cccc(Nc2ncc(F)c(Nc3ccc(Cc4cc[n+](O)cc4)cc3)n2)c1. The van der Waals surface area contributed by atoms with Crippen LogP contribution in [0.15, 0.2) is 84.1 Å². The molecular weight excluding hydrogens is 447 g/mol. The maximum atomic E-state index is 14.3. The largest absolute Gasteiger partial charge is 0.338 e. The summed E-state index contributed by atoms with van der Waals surface area (Å²) in [4.78, 5) is 7.97. The third-order valence-corrected chi connectivity index (χ3v) is 5.58. The van der Waals surface area contributed by atoms with Crippen molar-refractivity contribution < 1.29 is 22.7 Å². The van der Waals surface area contributed by atoms with Crippen LogP contribution in [0.4, 0.5) is 27.5 Å². The third kappa shape index (κ3) is 5.79. The maximum Gasteiger partial charge on any atom is 0.238 e. The molecule has 0 atom stereocenters. The summed E-state index contributed by atoms with van der Waals surface area (Å²) in [7, 11) is -3.86. The second kappa shape index (κ2) is 9.18. The third-order valence-electron chi connectivity index (χ3n) is 4.67. The molecule has 0 saturated carbocycles. The Bertz CT molecular complexity index is 1380. The van der Waals surface area contributed by atoms with E-state index in [0.29, 0.717) is 17.8 Å². The van der Waals surface area contributed by atoms with Gasteiger partial charge < -0.3 is 10.6 Å². The highest BCUT2D eigenvalue weighted by Gasteiger charge is 2.11. The van der Waals surface area contributed by atoms with Crippen LogP contribution in [0.1, 0.15) is 11.1 Å². The van der Waals surface area contributed by atoms with E-state index in [1.165, 1.54) is 18.2 Å². The standard InChI is InChI=1S/C22H20FN6O3S/c23-20-14-25-22(27-18-2-1-3-19(13-18)33(24,31)32)28-21(20)26-17-6-4-15(5-7-17)12-16-8-10-29(30)11-9-16/h1-11,13-14,30H,12H2,(H2,24,31,32)(H2,25,26,27,28)/q+1. The minimum atomic E-state index is -3.86. The minimum absolute atomic E-state index is 0.0431. The van der Waals surface area contributed by atoms with Gasteiger partial charge in [-0.25, -0.2) is 22.9 Å². The first-order chi connectivity index (χ1) is 15.8. The molecule has 2 heterocycles. The summed E-state index contributed by atoms with van der Waals surface area (Å²) in [5, 5.41) is 20.2.